The van der Waals surface area contributed by atoms with Crippen LogP contribution in [-0.4, -0.2) is 34.5 Å². The molecule has 26 heavy (non-hydrogen) atoms. The largest absolute Gasteiger partial charge is 0.361 e. The van der Waals surface area contributed by atoms with Crippen LogP contribution in [0.25, 0.3) is 11.4 Å². The molecule has 2 heterocycles. The minimum atomic E-state index is -0.0741. The fourth-order valence-electron chi connectivity index (χ4n) is 2.49. The van der Waals surface area contributed by atoms with Gasteiger partial charge in [0.25, 0.3) is 0 Å². The third-order valence-electron chi connectivity index (χ3n) is 4.24. The van der Waals surface area contributed by atoms with Gasteiger partial charge in [-0.2, -0.15) is 0 Å². The van der Waals surface area contributed by atoms with E-state index < -0.39 is 0 Å². The molecule has 0 saturated heterocycles. The smallest absolute Gasteiger partial charge is 0.246 e. The van der Waals surface area contributed by atoms with Crippen LogP contribution in [-0.2, 0) is 4.79 Å². The van der Waals surface area contributed by atoms with Crippen molar-refractivity contribution in [1.82, 2.24) is 15.0 Å². The Morgan fingerprint density at radius 2 is 1.85 bits per heavy atom. The van der Waals surface area contributed by atoms with Gasteiger partial charge in [-0.1, -0.05) is 30.3 Å². The summed E-state index contributed by atoms with van der Waals surface area (Å²) >= 11 is 0. The van der Waals surface area contributed by atoms with Crippen LogP contribution in [0.2, 0.25) is 0 Å². The van der Waals surface area contributed by atoms with Crippen LogP contribution in [0.4, 0.5) is 11.5 Å². The van der Waals surface area contributed by atoms with Gasteiger partial charge in [0, 0.05) is 30.1 Å². The molecular formula is C20H21N5O. The second kappa shape index (κ2) is 7.74. The number of rotatable bonds is 5. The first-order valence-corrected chi connectivity index (χ1v) is 8.37. The summed E-state index contributed by atoms with van der Waals surface area (Å²) in [6.07, 6.45) is 3.34. The van der Waals surface area contributed by atoms with Gasteiger partial charge in [-0.15, -0.1) is 0 Å². The van der Waals surface area contributed by atoms with Crippen LogP contribution in [0.5, 0.6) is 0 Å². The number of amides is 1. The first-order valence-electron chi connectivity index (χ1n) is 8.37. The molecule has 1 aromatic carbocycles. The molecule has 0 unspecified atom stereocenters. The average Bonchev–Trinajstić information content (AvgIpc) is 2.69. The van der Waals surface area contributed by atoms with Crippen LogP contribution >= 0.6 is 0 Å². The third-order valence-corrected chi connectivity index (χ3v) is 4.24. The van der Waals surface area contributed by atoms with Gasteiger partial charge in [-0.05, 0) is 26.0 Å². The van der Waals surface area contributed by atoms with Gasteiger partial charge in [0.2, 0.25) is 5.91 Å². The number of benzene rings is 1. The van der Waals surface area contributed by atoms with E-state index in [1.54, 1.807) is 30.4 Å². The van der Waals surface area contributed by atoms with Crippen LogP contribution in [0.3, 0.4) is 0 Å². The molecule has 2 aromatic heterocycles. The number of carbonyl (C=O) groups is 1. The van der Waals surface area contributed by atoms with Gasteiger partial charge in [0.05, 0.1) is 18.4 Å². The lowest BCUT2D eigenvalue weighted by Crippen LogP contribution is -2.32. The van der Waals surface area contributed by atoms with Crippen LogP contribution in [0, 0.1) is 13.8 Å². The molecule has 0 radical (unpaired) electrons. The predicted octanol–water partition coefficient (Wildman–Crippen LogP) is 3.23. The minimum absolute atomic E-state index is 0.0741. The SMILES string of the molecule is Cc1nc(-c2ccccc2)nc(NCC(=O)N(C)c2cccnc2)c1C. The highest BCUT2D eigenvalue weighted by Gasteiger charge is 2.14. The number of hydrogen-bond acceptors (Lipinski definition) is 5. The molecule has 0 spiro atoms. The Kier molecular flexibility index (Phi) is 5.22. The highest BCUT2D eigenvalue weighted by atomic mass is 16.2. The molecule has 0 aliphatic rings. The van der Waals surface area contributed by atoms with E-state index in [1.807, 2.05) is 50.2 Å². The van der Waals surface area contributed by atoms with E-state index in [0.717, 1.165) is 22.5 Å². The van der Waals surface area contributed by atoms with Gasteiger partial charge in [-0.3, -0.25) is 9.78 Å². The van der Waals surface area contributed by atoms with E-state index in [2.05, 4.69) is 20.3 Å². The Morgan fingerprint density at radius 3 is 2.54 bits per heavy atom. The highest BCUT2D eigenvalue weighted by molar-refractivity contribution is 5.95. The number of aryl methyl sites for hydroxylation is 1. The zero-order valence-corrected chi connectivity index (χ0v) is 15.1. The van der Waals surface area contributed by atoms with Gasteiger partial charge in [0.15, 0.2) is 5.82 Å². The predicted molar refractivity (Wildman–Crippen MR) is 103 cm³/mol. The van der Waals surface area contributed by atoms with Crippen molar-refractivity contribution in [1.29, 1.82) is 0 Å². The van der Waals surface area contributed by atoms with Crippen molar-refractivity contribution in [2.45, 2.75) is 13.8 Å². The average molecular weight is 347 g/mol. The zero-order chi connectivity index (χ0) is 18.5. The Hall–Kier alpha value is -3.28. The maximum absolute atomic E-state index is 12.5. The maximum Gasteiger partial charge on any atom is 0.246 e. The Bertz CT molecular complexity index is 897. The van der Waals surface area contributed by atoms with E-state index in [0.29, 0.717) is 11.6 Å². The van der Waals surface area contributed by atoms with Crippen LogP contribution in [0.1, 0.15) is 11.3 Å². The number of likely N-dealkylation sites (N-methyl/N-ethyl adjacent to an activating group) is 1. The number of aromatic nitrogens is 3. The molecule has 0 aliphatic carbocycles. The lowest BCUT2D eigenvalue weighted by Gasteiger charge is -2.18. The van der Waals surface area contributed by atoms with Crippen molar-refractivity contribution in [2.24, 2.45) is 0 Å². The van der Waals surface area contributed by atoms with Crippen LogP contribution in [0.15, 0.2) is 54.9 Å². The summed E-state index contributed by atoms with van der Waals surface area (Å²) in [5.74, 6) is 1.24. The van der Waals surface area contributed by atoms with E-state index in [4.69, 9.17) is 0 Å². The van der Waals surface area contributed by atoms with Gasteiger partial charge >= 0.3 is 0 Å². The van der Waals surface area contributed by atoms with E-state index in [9.17, 15) is 4.79 Å². The minimum Gasteiger partial charge on any atom is -0.361 e. The van der Waals surface area contributed by atoms with E-state index in [1.165, 1.54) is 0 Å². The molecule has 0 saturated carbocycles. The van der Waals surface area contributed by atoms with Gasteiger partial charge in [0.1, 0.15) is 5.82 Å². The molecule has 132 valence electrons. The summed E-state index contributed by atoms with van der Waals surface area (Å²) in [5.41, 5.74) is 3.51. The molecule has 6 heteroatoms. The van der Waals surface area contributed by atoms with E-state index in [-0.39, 0.29) is 12.5 Å². The van der Waals surface area contributed by atoms with Crippen molar-refractivity contribution in [3.05, 3.63) is 66.1 Å². The summed E-state index contributed by atoms with van der Waals surface area (Å²) in [6.45, 7) is 4.02. The molecule has 3 aromatic rings. The summed E-state index contributed by atoms with van der Waals surface area (Å²) in [6, 6.07) is 13.4. The standard InChI is InChI=1S/C20H21N5O/c1-14-15(2)23-20(16-8-5-4-6-9-16)24-19(14)22-13-18(26)25(3)17-10-7-11-21-12-17/h4-12H,13H2,1-3H3,(H,22,23,24). The highest BCUT2D eigenvalue weighted by Crippen LogP contribution is 2.21. The quantitative estimate of drug-likeness (QED) is 0.767. The molecule has 1 amide bonds. The number of anilines is 2. The fraction of sp³-hybridized carbons (Fsp3) is 0.200. The summed E-state index contributed by atoms with van der Waals surface area (Å²) in [4.78, 5) is 27.2. The molecule has 6 nitrogen and oxygen atoms in total. The number of hydrogen-bond donors (Lipinski definition) is 1. The van der Waals surface area contributed by atoms with Crippen molar-refractivity contribution >= 4 is 17.4 Å². The van der Waals surface area contributed by atoms with Crippen molar-refractivity contribution < 1.29 is 4.79 Å². The van der Waals surface area contributed by atoms with Gasteiger partial charge in [-0.25, -0.2) is 9.97 Å². The number of nitrogens with one attached hydrogen (secondary N) is 1. The second-order valence-corrected chi connectivity index (χ2v) is 5.99. The summed E-state index contributed by atoms with van der Waals surface area (Å²) < 4.78 is 0. The second-order valence-electron chi connectivity index (χ2n) is 5.99. The molecule has 0 fully saturated rings. The zero-order valence-electron chi connectivity index (χ0n) is 15.1. The van der Waals surface area contributed by atoms with Gasteiger partial charge < -0.3 is 10.2 Å². The maximum atomic E-state index is 12.5. The first-order chi connectivity index (χ1) is 12.6. The van der Waals surface area contributed by atoms with Crippen molar-refractivity contribution in [3.63, 3.8) is 0 Å². The molecule has 3 rings (SSSR count). The monoisotopic (exact) mass is 347 g/mol. The Labute approximate surface area is 153 Å². The fourth-order valence-corrected chi connectivity index (χ4v) is 2.49. The third kappa shape index (κ3) is 3.85. The Morgan fingerprint density at radius 1 is 1.08 bits per heavy atom. The lowest BCUT2D eigenvalue weighted by atomic mass is 10.2. The van der Waals surface area contributed by atoms with E-state index >= 15 is 0 Å². The van der Waals surface area contributed by atoms with Crippen molar-refractivity contribution in [3.8, 4) is 11.4 Å². The molecular weight excluding hydrogens is 326 g/mol. The number of nitrogens with zero attached hydrogens (tertiary/aromatic N) is 4. The molecule has 0 aliphatic heterocycles. The normalized spacial score (nSPS) is 10.4. The lowest BCUT2D eigenvalue weighted by molar-refractivity contribution is -0.116. The summed E-state index contributed by atoms with van der Waals surface area (Å²) in [5, 5.41) is 3.15. The molecule has 1 N–H and O–H groups in total. The van der Waals surface area contributed by atoms with Crippen molar-refractivity contribution in [2.75, 3.05) is 23.8 Å². The number of carbonyl (C=O) groups excluding carboxylic acids is 1. The summed E-state index contributed by atoms with van der Waals surface area (Å²) in [7, 11) is 1.73. The number of pyridine rings is 1. The first kappa shape index (κ1) is 17.5. The van der Waals surface area contributed by atoms with Crippen LogP contribution < -0.4 is 10.2 Å². The Balaban J connectivity index is 1.77. The topological polar surface area (TPSA) is 71.0 Å². The molecule has 0 bridgehead atoms. The molecule has 0 atom stereocenters.